The number of hydrazine groups is 1. The monoisotopic (exact) mass is 556 g/mol. The van der Waals surface area contributed by atoms with Crippen LogP contribution < -0.4 is 11.3 Å². The Morgan fingerprint density at radius 1 is 0.763 bits per heavy atom. The van der Waals surface area contributed by atoms with Crippen LogP contribution in [0.2, 0.25) is 10.3 Å². The van der Waals surface area contributed by atoms with Gasteiger partial charge in [-0.15, -0.1) is 10.2 Å². The van der Waals surface area contributed by atoms with Crippen LogP contribution in [0.3, 0.4) is 0 Å². The molecular formula is C25H26Cl2N8O3. The minimum atomic E-state index is -1.08. The maximum Gasteiger partial charge on any atom is 0.311 e. The van der Waals surface area contributed by atoms with Gasteiger partial charge in [-0.1, -0.05) is 83.9 Å². The van der Waals surface area contributed by atoms with E-state index in [4.69, 9.17) is 43.3 Å². The van der Waals surface area contributed by atoms with Gasteiger partial charge in [0.25, 0.3) is 0 Å². The maximum atomic E-state index is 5.92. The van der Waals surface area contributed by atoms with Gasteiger partial charge in [0, 0.05) is 57.2 Å². The Labute approximate surface area is 229 Å². The minimum Gasteiger partial charge on any atom is -0.327 e. The summed E-state index contributed by atoms with van der Waals surface area (Å²) < 4.78 is 17.4. The number of nitrogen functional groups attached to an aromatic ring is 1. The molecule has 3 aromatic heterocycles. The van der Waals surface area contributed by atoms with Gasteiger partial charge in [-0.3, -0.25) is 4.40 Å². The fourth-order valence-electron chi connectivity index (χ4n) is 3.24. The van der Waals surface area contributed by atoms with Crippen molar-refractivity contribution >= 4 is 34.7 Å². The van der Waals surface area contributed by atoms with Gasteiger partial charge in [0.2, 0.25) is 0 Å². The molecule has 0 amide bonds. The molecule has 198 valence electrons. The molecule has 0 radical (unpaired) electrons. The second-order valence-electron chi connectivity index (χ2n) is 7.18. The van der Waals surface area contributed by atoms with E-state index < -0.39 is 5.97 Å². The quantitative estimate of drug-likeness (QED) is 0.173. The lowest BCUT2D eigenvalue weighted by Crippen LogP contribution is -2.32. The second-order valence-corrected chi connectivity index (χ2v) is 7.89. The molecule has 0 spiro atoms. The van der Waals surface area contributed by atoms with Crippen molar-refractivity contribution in [3.63, 3.8) is 0 Å². The van der Waals surface area contributed by atoms with Crippen molar-refractivity contribution in [2.24, 2.45) is 5.84 Å². The number of aromatic nitrogens is 6. The number of benzene rings is 2. The zero-order chi connectivity index (χ0) is 27.4. The highest BCUT2D eigenvalue weighted by Gasteiger charge is 2.31. The summed E-state index contributed by atoms with van der Waals surface area (Å²) >= 11 is 11.4. The summed E-state index contributed by atoms with van der Waals surface area (Å²) in [4.78, 5) is 11.4. The van der Waals surface area contributed by atoms with Crippen LogP contribution >= 0.6 is 23.2 Å². The Morgan fingerprint density at radius 3 is 1.89 bits per heavy atom. The van der Waals surface area contributed by atoms with Crippen LogP contribution in [0.4, 0.5) is 5.82 Å². The number of ether oxygens (including phenoxy) is 3. The molecule has 0 fully saturated rings. The van der Waals surface area contributed by atoms with Crippen molar-refractivity contribution in [1.29, 1.82) is 0 Å². The van der Waals surface area contributed by atoms with Gasteiger partial charge in [-0.2, -0.15) is 0 Å². The van der Waals surface area contributed by atoms with Crippen molar-refractivity contribution in [2.45, 2.75) is 5.97 Å². The van der Waals surface area contributed by atoms with Gasteiger partial charge in [-0.05, 0) is 0 Å². The number of fused-ring (bicyclic) bond motifs is 1. The smallest absolute Gasteiger partial charge is 0.311 e. The largest absolute Gasteiger partial charge is 0.327 e. The van der Waals surface area contributed by atoms with E-state index in [9.17, 15) is 0 Å². The van der Waals surface area contributed by atoms with Gasteiger partial charge < -0.3 is 19.6 Å². The summed E-state index contributed by atoms with van der Waals surface area (Å²) in [5, 5.41) is 8.76. The van der Waals surface area contributed by atoms with Crippen molar-refractivity contribution in [3.8, 4) is 11.4 Å². The van der Waals surface area contributed by atoms with Crippen LogP contribution in [0, 0.1) is 0 Å². The average molecular weight is 557 g/mol. The topological polar surface area (TPSA) is 135 Å². The number of methoxy groups -OCH3 is 3. The van der Waals surface area contributed by atoms with Crippen LogP contribution in [0.1, 0.15) is 5.56 Å². The molecule has 0 atom stereocenters. The van der Waals surface area contributed by atoms with Gasteiger partial charge in [0.05, 0.1) is 0 Å². The number of nitrogens with two attached hydrogens (primary N) is 1. The van der Waals surface area contributed by atoms with E-state index >= 15 is 0 Å². The molecule has 38 heavy (non-hydrogen) atoms. The third-order valence-electron chi connectivity index (χ3n) is 5.04. The standard InChI is InChI=1S/C11H7ClN4.C10H14O3.C4H5ClN4/c12-9-11-15-14-10(16(11)7-6-13-9)8-4-2-1-3-5-8;1-11-10(12-2,13-3)9-7-5-4-6-8-9;5-3-4(9-6)8-2-1-7-3/h1-7H;4-8H,1-3H3;1-2H,6H2,(H,8,9). The Bertz CT molecular complexity index is 1400. The number of hydrogen-bond acceptors (Lipinski definition) is 10. The highest BCUT2D eigenvalue weighted by atomic mass is 35.5. The molecule has 13 heteroatoms. The predicted octanol–water partition coefficient (Wildman–Crippen LogP) is 4.60. The molecule has 3 N–H and O–H groups in total. The maximum absolute atomic E-state index is 5.92. The molecule has 0 aliphatic carbocycles. The molecule has 0 bridgehead atoms. The first-order chi connectivity index (χ1) is 18.5. The summed E-state index contributed by atoms with van der Waals surface area (Å²) in [7, 11) is 4.62. The molecule has 0 aliphatic rings. The third-order valence-corrected chi connectivity index (χ3v) is 5.58. The van der Waals surface area contributed by atoms with Gasteiger partial charge in [0.1, 0.15) is 0 Å². The predicted molar refractivity (Wildman–Crippen MR) is 145 cm³/mol. The van der Waals surface area contributed by atoms with Gasteiger partial charge in [0.15, 0.2) is 27.6 Å². The summed E-state index contributed by atoms with van der Waals surface area (Å²) in [5.41, 5.74) is 4.70. The first kappa shape index (κ1) is 28.9. The van der Waals surface area contributed by atoms with E-state index in [0.717, 1.165) is 17.0 Å². The Hall–Kier alpha value is -3.71. The van der Waals surface area contributed by atoms with Crippen molar-refractivity contribution in [2.75, 3.05) is 26.8 Å². The molecule has 0 aliphatic heterocycles. The highest BCUT2D eigenvalue weighted by Crippen LogP contribution is 2.26. The van der Waals surface area contributed by atoms with Crippen molar-refractivity contribution in [3.05, 3.63) is 101 Å². The first-order valence-corrected chi connectivity index (χ1v) is 11.8. The molecular weight excluding hydrogens is 531 g/mol. The molecule has 5 aromatic rings. The summed E-state index contributed by atoms with van der Waals surface area (Å²) in [6.45, 7) is 0. The van der Waals surface area contributed by atoms with Gasteiger partial charge in [-0.25, -0.2) is 20.8 Å². The average Bonchev–Trinajstić information content (AvgIpc) is 3.42. The van der Waals surface area contributed by atoms with Crippen molar-refractivity contribution < 1.29 is 14.2 Å². The number of rotatable bonds is 6. The van der Waals surface area contributed by atoms with Crippen LogP contribution in [-0.4, -0.2) is 50.9 Å². The molecule has 5 rings (SSSR count). The second kappa shape index (κ2) is 14.3. The third kappa shape index (κ3) is 6.98. The van der Waals surface area contributed by atoms with E-state index in [2.05, 4.69) is 30.6 Å². The zero-order valence-electron chi connectivity index (χ0n) is 20.8. The Kier molecular flexibility index (Phi) is 10.8. The van der Waals surface area contributed by atoms with Crippen molar-refractivity contribution in [1.82, 2.24) is 29.5 Å². The first-order valence-electron chi connectivity index (χ1n) is 11.0. The lowest BCUT2D eigenvalue weighted by molar-refractivity contribution is -0.364. The number of halogens is 2. The summed E-state index contributed by atoms with van der Waals surface area (Å²) in [6, 6.07) is 19.3. The Balaban J connectivity index is 0.000000165. The van der Waals surface area contributed by atoms with E-state index in [-0.39, 0.29) is 5.15 Å². The Morgan fingerprint density at radius 2 is 1.34 bits per heavy atom. The molecule has 0 saturated heterocycles. The van der Waals surface area contributed by atoms with Crippen LogP contribution in [0.5, 0.6) is 0 Å². The van der Waals surface area contributed by atoms with E-state index in [1.807, 2.05) is 65.1 Å². The fourth-order valence-corrected chi connectivity index (χ4v) is 3.59. The summed E-state index contributed by atoms with van der Waals surface area (Å²) in [6.07, 6.45) is 6.42. The normalized spacial score (nSPS) is 10.7. The molecule has 0 saturated carbocycles. The fraction of sp³-hybridized carbons (Fsp3) is 0.160. The summed E-state index contributed by atoms with van der Waals surface area (Å²) in [5.74, 6) is 5.08. The zero-order valence-corrected chi connectivity index (χ0v) is 22.3. The van der Waals surface area contributed by atoms with Crippen LogP contribution in [-0.2, 0) is 20.2 Å². The molecule has 0 unspecified atom stereocenters. The van der Waals surface area contributed by atoms with Crippen LogP contribution in [0.25, 0.3) is 17.0 Å². The number of anilines is 1. The van der Waals surface area contributed by atoms with Gasteiger partial charge >= 0.3 is 5.97 Å². The molecule has 11 nitrogen and oxygen atoms in total. The van der Waals surface area contributed by atoms with Crippen LogP contribution in [0.15, 0.2) is 85.5 Å². The lowest BCUT2D eigenvalue weighted by Gasteiger charge is -2.28. The number of nitrogens with zero attached hydrogens (tertiary/aromatic N) is 6. The minimum absolute atomic E-state index is 0.278. The SMILES string of the molecule is COC(OC)(OC)c1ccccc1.Clc1nccn2c(-c3ccccc3)nnc12.NNc1nccnc1Cl. The molecule has 3 heterocycles. The number of hydrogen-bond donors (Lipinski definition) is 2. The molecule has 2 aromatic carbocycles. The highest BCUT2D eigenvalue weighted by molar-refractivity contribution is 6.32. The number of nitrogens with one attached hydrogen (secondary N) is 1. The van der Waals surface area contributed by atoms with E-state index in [0.29, 0.717) is 16.6 Å². The van der Waals surface area contributed by atoms with E-state index in [1.165, 1.54) is 12.4 Å². The van der Waals surface area contributed by atoms with E-state index in [1.54, 1.807) is 33.7 Å². The lowest BCUT2D eigenvalue weighted by atomic mass is 10.2.